The third-order valence-corrected chi connectivity index (χ3v) is 4.02. The van der Waals surface area contributed by atoms with Gasteiger partial charge in [-0.25, -0.2) is 14.0 Å². The van der Waals surface area contributed by atoms with Crippen molar-refractivity contribution < 1.29 is 27.8 Å². The van der Waals surface area contributed by atoms with Crippen LogP contribution in [0.25, 0.3) is 16.7 Å². The van der Waals surface area contributed by atoms with E-state index in [2.05, 4.69) is 4.74 Å². The van der Waals surface area contributed by atoms with Gasteiger partial charge in [-0.2, -0.15) is 8.78 Å². The Morgan fingerprint density at radius 3 is 2.48 bits per heavy atom. The largest absolute Gasteiger partial charge is 0.478 e. The SMILES string of the molecule is CC(C)n1c(=O)n(-c2cccc(OC(F)F)c2)c2ccc(C(=O)O)c(F)c21. The number of carboxylic acids is 1. The first-order chi connectivity index (χ1) is 12.7. The Bertz CT molecular complexity index is 1090. The molecule has 2 aromatic carbocycles. The molecule has 0 saturated heterocycles. The number of aromatic carboxylic acids is 1. The van der Waals surface area contributed by atoms with Crippen LogP contribution in [0.3, 0.4) is 0 Å². The van der Waals surface area contributed by atoms with E-state index in [4.69, 9.17) is 5.11 Å². The number of imidazole rings is 1. The van der Waals surface area contributed by atoms with Gasteiger partial charge in [0.25, 0.3) is 0 Å². The van der Waals surface area contributed by atoms with E-state index in [9.17, 15) is 22.8 Å². The van der Waals surface area contributed by atoms with Gasteiger partial charge in [0.15, 0.2) is 5.82 Å². The molecule has 0 atom stereocenters. The number of fused-ring (bicyclic) bond motifs is 1. The predicted octanol–water partition coefficient (Wildman–Crippen LogP) is 3.81. The second-order valence-corrected chi connectivity index (χ2v) is 6.06. The van der Waals surface area contributed by atoms with Gasteiger partial charge in [-0.3, -0.25) is 9.13 Å². The van der Waals surface area contributed by atoms with E-state index in [-0.39, 0.29) is 22.5 Å². The minimum atomic E-state index is -3.04. The van der Waals surface area contributed by atoms with Crippen molar-refractivity contribution in [1.29, 1.82) is 0 Å². The second-order valence-electron chi connectivity index (χ2n) is 6.06. The standard InChI is InChI=1S/C18H15F3N2O4/c1-9(2)22-15-13(7-6-12(14(15)19)16(24)25)23(18(22)26)10-4-3-5-11(8-10)27-17(20)21/h3-9,17H,1-2H3,(H,24,25). The van der Waals surface area contributed by atoms with Crippen LogP contribution in [0.5, 0.6) is 5.75 Å². The molecule has 142 valence electrons. The van der Waals surface area contributed by atoms with Gasteiger partial charge in [-0.1, -0.05) is 6.07 Å². The van der Waals surface area contributed by atoms with Crippen LogP contribution in [0.1, 0.15) is 30.2 Å². The molecule has 0 spiro atoms. The molecule has 1 N–H and O–H groups in total. The van der Waals surface area contributed by atoms with Gasteiger partial charge >= 0.3 is 18.3 Å². The van der Waals surface area contributed by atoms with Crippen molar-refractivity contribution in [2.75, 3.05) is 0 Å². The molecule has 0 bridgehead atoms. The van der Waals surface area contributed by atoms with Gasteiger partial charge in [0.1, 0.15) is 11.3 Å². The minimum absolute atomic E-state index is 0.116. The number of aromatic nitrogens is 2. The summed E-state index contributed by atoms with van der Waals surface area (Å²) in [6, 6.07) is 7.31. The number of nitrogens with zero attached hydrogens (tertiary/aromatic N) is 2. The summed E-state index contributed by atoms with van der Waals surface area (Å²) in [6.07, 6.45) is 0. The Labute approximate surface area is 151 Å². The first-order valence-corrected chi connectivity index (χ1v) is 7.96. The molecule has 3 aromatic rings. The summed E-state index contributed by atoms with van der Waals surface area (Å²) in [6.45, 7) is 0.257. The lowest BCUT2D eigenvalue weighted by Crippen LogP contribution is -2.24. The number of hydrogen-bond donors (Lipinski definition) is 1. The van der Waals surface area contributed by atoms with Crippen molar-refractivity contribution in [3.05, 3.63) is 58.3 Å². The highest BCUT2D eigenvalue weighted by molar-refractivity contribution is 5.93. The Morgan fingerprint density at radius 2 is 1.89 bits per heavy atom. The fourth-order valence-electron chi connectivity index (χ4n) is 2.96. The second kappa shape index (κ2) is 6.82. The number of benzene rings is 2. The zero-order valence-electron chi connectivity index (χ0n) is 14.3. The van der Waals surface area contributed by atoms with Crippen LogP contribution < -0.4 is 10.4 Å². The quantitative estimate of drug-likeness (QED) is 0.731. The molecular formula is C18H15F3N2O4. The molecule has 1 heterocycles. The lowest BCUT2D eigenvalue weighted by molar-refractivity contribution is -0.0498. The molecule has 6 nitrogen and oxygen atoms in total. The summed E-state index contributed by atoms with van der Waals surface area (Å²) in [4.78, 5) is 24.2. The van der Waals surface area contributed by atoms with E-state index < -0.39 is 35.7 Å². The molecule has 3 rings (SSSR count). The van der Waals surface area contributed by atoms with E-state index >= 15 is 0 Å². The number of carbonyl (C=O) groups is 1. The van der Waals surface area contributed by atoms with Crippen molar-refractivity contribution in [3.8, 4) is 11.4 Å². The Hall–Kier alpha value is -3.23. The molecule has 0 fully saturated rings. The van der Waals surface area contributed by atoms with Crippen LogP contribution in [0.15, 0.2) is 41.2 Å². The topological polar surface area (TPSA) is 73.5 Å². The maximum atomic E-state index is 14.8. The summed E-state index contributed by atoms with van der Waals surface area (Å²) in [7, 11) is 0. The monoisotopic (exact) mass is 380 g/mol. The molecule has 9 heteroatoms. The van der Waals surface area contributed by atoms with E-state index in [1.807, 2.05) is 0 Å². The number of hydrogen-bond acceptors (Lipinski definition) is 3. The third kappa shape index (κ3) is 3.16. The lowest BCUT2D eigenvalue weighted by Gasteiger charge is -2.08. The van der Waals surface area contributed by atoms with E-state index in [0.717, 1.165) is 15.2 Å². The molecule has 0 aliphatic heterocycles. The van der Waals surface area contributed by atoms with E-state index in [0.29, 0.717) is 0 Å². The molecule has 0 aliphatic rings. The molecule has 0 radical (unpaired) electrons. The van der Waals surface area contributed by atoms with Crippen LogP contribution in [-0.4, -0.2) is 26.8 Å². The zero-order valence-corrected chi connectivity index (χ0v) is 14.3. The lowest BCUT2D eigenvalue weighted by atomic mass is 10.1. The average molecular weight is 380 g/mol. The molecule has 0 saturated carbocycles. The molecule has 1 aromatic heterocycles. The van der Waals surface area contributed by atoms with Crippen molar-refractivity contribution in [1.82, 2.24) is 9.13 Å². The zero-order chi connectivity index (χ0) is 19.9. The molecule has 0 aliphatic carbocycles. The van der Waals surface area contributed by atoms with Gasteiger partial charge in [-0.05, 0) is 38.1 Å². The molecular weight excluding hydrogens is 365 g/mol. The van der Waals surface area contributed by atoms with Crippen molar-refractivity contribution in [2.24, 2.45) is 0 Å². The van der Waals surface area contributed by atoms with Gasteiger partial charge < -0.3 is 9.84 Å². The van der Waals surface area contributed by atoms with Gasteiger partial charge in [-0.15, -0.1) is 0 Å². The maximum absolute atomic E-state index is 14.8. The Balaban J connectivity index is 2.35. The summed E-state index contributed by atoms with van der Waals surface area (Å²) in [5, 5.41) is 9.15. The van der Waals surface area contributed by atoms with Crippen LogP contribution in [0.4, 0.5) is 13.2 Å². The predicted molar refractivity (Wildman–Crippen MR) is 91.5 cm³/mol. The summed E-state index contributed by atoms with van der Waals surface area (Å²) < 4.78 is 46.4. The highest BCUT2D eigenvalue weighted by atomic mass is 19.3. The average Bonchev–Trinajstić information content (AvgIpc) is 2.87. The third-order valence-electron chi connectivity index (χ3n) is 4.02. The molecule has 0 unspecified atom stereocenters. The first-order valence-electron chi connectivity index (χ1n) is 7.96. The van der Waals surface area contributed by atoms with Crippen LogP contribution in [-0.2, 0) is 0 Å². The fourth-order valence-corrected chi connectivity index (χ4v) is 2.96. The maximum Gasteiger partial charge on any atom is 0.387 e. The highest BCUT2D eigenvalue weighted by Gasteiger charge is 2.24. The van der Waals surface area contributed by atoms with Gasteiger partial charge in [0.2, 0.25) is 0 Å². The highest BCUT2D eigenvalue weighted by Crippen LogP contribution is 2.27. The minimum Gasteiger partial charge on any atom is -0.478 e. The van der Waals surface area contributed by atoms with Crippen molar-refractivity contribution in [2.45, 2.75) is 26.5 Å². The summed E-state index contributed by atoms with van der Waals surface area (Å²) in [5.74, 6) is -2.66. The van der Waals surface area contributed by atoms with Gasteiger partial charge in [0, 0.05) is 12.1 Å². The van der Waals surface area contributed by atoms with E-state index in [1.165, 1.54) is 30.3 Å². The first kappa shape index (κ1) is 18.6. The van der Waals surface area contributed by atoms with Crippen molar-refractivity contribution in [3.63, 3.8) is 0 Å². The van der Waals surface area contributed by atoms with E-state index in [1.54, 1.807) is 13.8 Å². The summed E-state index contributed by atoms with van der Waals surface area (Å²) >= 11 is 0. The number of ether oxygens (including phenoxy) is 1. The Kier molecular flexibility index (Phi) is 4.69. The molecule has 27 heavy (non-hydrogen) atoms. The van der Waals surface area contributed by atoms with Crippen molar-refractivity contribution >= 4 is 17.0 Å². The Morgan fingerprint density at radius 1 is 1.19 bits per heavy atom. The number of alkyl halides is 2. The normalized spacial score (nSPS) is 11.5. The van der Waals surface area contributed by atoms with Crippen LogP contribution in [0, 0.1) is 5.82 Å². The smallest absolute Gasteiger partial charge is 0.387 e. The van der Waals surface area contributed by atoms with Crippen LogP contribution >= 0.6 is 0 Å². The number of halogens is 3. The number of rotatable bonds is 5. The number of carboxylic acid groups (broad SMARTS) is 1. The van der Waals surface area contributed by atoms with Gasteiger partial charge in [0.05, 0.1) is 16.8 Å². The fraction of sp³-hybridized carbons (Fsp3) is 0.222. The van der Waals surface area contributed by atoms with Crippen LogP contribution in [0.2, 0.25) is 0 Å². The summed E-state index contributed by atoms with van der Waals surface area (Å²) in [5.41, 5.74) is -1.06. The molecule has 0 amide bonds.